The molecule has 1 heterocycles. The standard InChI is InChI=1S/C17H26F3N3O4/c1-15(2,3)27-14(26)23-9-16(10-23)6-4-11(5-7-16)8-12(24)21-22-13(25)17(18,19)20/h11H,4-10H2,1-3H3,(H,21,24)(H,22,25). The van der Waals surface area contributed by atoms with Gasteiger partial charge in [-0.2, -0.15) is 13.2 Å². The second-order valence-corrected chi connectivity index (χ2v) is 8.48. The van der Waals surface area contributed by atoms with Crippen molar-refractivity contribution in [2.24, 2.45) is 11.3 Å². The van der Waals surface area contributed by atoms with Gasteiger partial charge in [0.2, 0.25) is 5.91 Å². The molecule has 0 bridgehead atoms. The van der Waals surface area contributed by atoms with Gasteiger partial charge >= 0.3 is 18.2 Å². The molecule has 10 heteroatoms. The topological polar surface area (TPSA) is 87.7 Å². The fraction of sp³-hybridized carbons (Fsp3) is 0.824. The summed E-state index contributed by atoms with van der Waals surface area (Å²) in [6, 6.07) is 0. The maximum Gasteiger partial charge on any atom is 0.472 e. The molecule has 0 radical (unpaired) electrons. The minimum Gasteiger partial charge on any atom is -0.444 e. The largest absolute Gasteiger partial charge is 0.472 e. The Bertz CT molecular complexity index is 585. The first-order valence-corrected chi connectivity index (χ1v) is 8.94. The van der Waals surface area contributed by atoms with E-state index in [0.717, 1.165) is 25.7 Å². The van der Waals surface area contributed by atoms with Gasteiger partial charge in [0.25, 0.3) is 0 Å². The zero-order valence-corrected chi connectivity index (χ0v) is 15.7. The number of ether oxygens (including phenoxy) is 1. The number of nitrogens with one attached hydrogen (secondary N) is 2. The maximum absolute atomic E-state index is 12.1. The highest BCUT2D eigenvalue weighted by molar-refractivity contribution is 5.85. The zero-order chi connectivity index (χ0) is 20.5. The lowest BCUT2D eigenvalue weighted by Gasteiger charge is -2.53. The van der Waals surface area contributed by atoms with Gasteiger partial charge in [0, 0.05) is 24.9 Å². The number of hydrogen-bond acceptors (Lipinski definition) is 4. The van der Waals surface area contributed by atoms with Gasteiger partial charge in [-0.05, 0) is 52.4 Å². The Balaban J connectivity index is 1.68. The monoisotopic (exact) mass is 393 g/mol. The predicted molar refractivity (Wildman–Crippen MR) is 89.2 cm³/mol. The summed E-state index contributed by atoms with van der Waals surface area (Å²) in [5, 5.41) is 0. The molecule has 2 N–H and O–H groups in total. The first-order chi connectivity index (χ1) is 12.3. The second-order valence-electron chi connectivity index (χ2n) is 8.48. The van der Waals surface area contributed by atoms with E-state index < -0.39 is 23.6 Å². The summed E-state index contributed by atoms with van der Waals surface area (Å²) in [6.45, 7) is 6.69. The molecular formula is C17H26F3N3O4. The van der Waals surface area contributed by atoms with Crippen LogP contribution in [0.4, 0.5) is 18.0 Å². The number of alkyl halides is 3. The van der Waals surface area contributed by atoms with Crippen molar-refractivity contribution in [3.63, 3.8) is 0 Å². The van der Waals surface area contributed by atoms with Crippen molar-refractivity contribution in [2.45, 2.75) is 64.7 Å². The highest BCUT2D eigenvalue weighted by atomic mass is 19.4. The summed E-state index contributed by atoms with van der Waals surface area (Å²) >= 11 is 0. The second kappa shape index (κ2) is 7.55. The summed E-state index contributed by atoms with van der Waals surface area (Å²) in [5.41, 5.74) is 2.68. The van der Waals surface area contributed by atoms with Crippen molar-refractivity contribution < 1.29 is 32.3 Å². The molecule has 1 saturated heterocycles. The maximum atomic E-state index is 12.1. The van der Waals surface area contributed by atoms with Crippen molar-refractivity contribution >= 4 is 17.9 Å². The van der Waals surface area contributed by atoms with E-state index >= 15 is 0 Å². The van der Waals surface area contributed by atoms with Crippen LogP contribution in [-0.2, 0) is 14.3 Å². The average molecular weight is 393 g/mol. The number of halogens is 3. The predicted octanol–water partition coefficient (Wildman–Crippen LogP) is 2.51. The Labute approximate surface area is 155 Å². The molecule has 27 heavy (non-hydrogen) atoms. The molecule has 2 aliphatic rings. The molecule has 154 valence electrons. The fourth-order valence-electron chi connectivity index (χ4n) is 3.54. The van der Waals surface area contributed by atoms with Gasteiger partial charge in [-0.15, -0.1) is 0 Å². The van der Waals surface area contributed by atoms with E-state index in [9.17, 15) is 27.6 Å². The van der Waals surface area contributed by atoms with Crippen LogP contribution in [0.25, 0.3) is 0 Å². The minimum absolute atomic E-state index is 0.0500. The van der Waals surface area contributed by atoms with Crippen LogP contribution in [0.15, 0.2) is 0 Å². The van der Waals surface area contributed by atoms with Gasteiger partial charge in [0.1, 0.15) is 5.60 Å². The Morgan fingerprint density at radius 2 is 1.63 bits per heavy atom. The van der Waals surface area contributed by atoms with E-state index in [-0.39, 0.29) is 23.8 Å². The van der Waals surface area contributed by atoms with Gasteiger partial charge in [-0.25, -0.2) is 4.79 Å². The molecule has 0 unspecified atom stereocenters. The van der Waals surface area contributed by atoms with Gasteiger partial charge in [0.05, 0.1) is 0 Å². The molecule has 0 aromatic rings. The third-order valence-corrected chi connectivity index (χ3v) is 4.92. The van der Waals surface area contributed by atoms with Crippen LogP contribution in [0.5, 0.6) is 0 Å². The highest BCUT2D eigenvalue weighted by Crippen LogP contribution is 2.46. The van der Waals surface area contributed by atoms with Crippen molar-refractivity contribution in [1.29, 1.82) is 0 Å². The molecule has 1 saturated carbocycles. The molecule has 0 atom stereocenters. The number of amides is 3. The van der Waals surface area contributed by atoms with E-state index in [4.69, 9.17) is 4.74 Å². The van der Waals surface area contributed by atoms with Crippen molar-refractivity contribution in [3.05, 3.63) is 0 Å². The molecule has 2 fully saturated rings. The van der Waals surface area contributed by atoms with E-state index in [1.54, 1.807) is 10.3 Å². The molecule has 1 aliphatic carbocycles. The Morgan fingerprint density at radius 1 is 1.07 bits per heavy atom. The molecule has 3 amide bonds. The van der Waals surface area contributed by atoms with Crippen LogP contribution < -0.4 is 10.9 Å². The van der Waals surface area contributed by atoms with Gasteiger partial charge in [-0.1, -0.05) is 0 Å². The average Bonchev–Trinajstić information content (AvgIpc) is 2.48. The minimum atomic E-state index is -5.03. The number of carbonyl (C=O) groups excluding carboxylic acids is 3. The van der Waals surface area contributed by atoms with E-state index in [0.29, 0.717) is 13.1 Å². The van der Waals surface area contributed by atoms with Crippen LogP contribution in [0.3, 0.4) is 0 Å². The van der Waals surface area contributed by atoms with E-state index in [1.165, 1.54) is 5.43 Å². The molecular weight excluding hydrogens is 367 g/mol. The van der Waals surface area contributed by atoms with Crippen LogP contribution in [0.1, 0.15) is 52.9 Å². The quantitative estimate of drug-likeness (QED) is 0.706. The van der Waals surface area contributed by atoms with Crippen LogP contribution in [0.2, 0.25) is 0 Å². The smallest absolute Gasteiger partial charge is 0.444 e. The molecule has 0 aromatic heterocycles. The van der Waals surface area contributed by atoms with Gasteiger partial charge in [0.15, 0.2) is 0 Å². The van der Waals surface area contributed by atoms with Crippen LogP contribution in [0, 0.1) is 11.3 Å². The van der Waals surface area contributed by atoms with Gasteiger partial charge < -0.3 is 9.64 Å². The summed E-state index contributed by atoms with van der Waals surface area (Å²) < 4.78 is 41.5. The summed E-state index contributed by atoms with van der Waals surface area (Å²) in [6.07, 6.45) is -2.10. The lowest BCUT2D eigenvalue weighted by Crippen LogP contribution is -2.60. The van der Waals surface area contributed by atoms with Crippen molar-refractivity contribution in [3.8, 4) is 0 Å². The Kier molecular flexibility index (Phi) is 5.96. The third kappa shape index (κ3) is 6.00. The molecule has 1 aliphatic heterocycles. The lowest BCUT2D eigenvalue weighted by atomic mass is 9.65. The Morgan fingerprint density at radius 3 is 2.11 bits per heavy atom. The molecule has 2 rings (SSSR count). The SMILES string of the molecule is CC(C)(C)OC(=O)N1CC2(CCC(CC(=O)NNC(=O)C(F)(F)F)CC2)C1. The summed E-state index contributed by atoms with van der Waals surface area (Å²) in [4.78, 5) is 36.1. The number of hydrazine groups is 1. The summed E-state index contributed by atoms with van der Waals surface area (Å²) in [5.74, 6) is -2.79. The first-order valence-electron chi connectivity index (χ1n) is 8.94. The number of carbonyl (C=O) groups is 3. The zero-order valence-electron chi connectivity index (χ0n) is 15.7. The fourth-order valence-corrected chi connectivity index (χ4v) is 3.54. The third-order valence-electron chi connectivity index (χ3n) is 4.92. The van der Waals surface area contributed by atoms with Gasteiger partial charge in [-0.3, -0.25) is 20.4 Å². The first kappa shape index (κ1) is 21.3. The van der Waals surface area contributed by atoms with Crippen LogP contribution in [-0.4, -0.2) is 47.7 Å². The molecule has 7 nitrogen and oxygen atoms in total. The van der Waals surface area contributed by atoms with E-state index in [1.807, 2.05) is 20.8 Å². The molecule has 1 spiro atoms. The number of rotatable bonds is 2. The van der Waals surface area contributed by atoms with E-state index in [2.05, 4.69) is 0 Å². The number of hydrogen-bond donors (Lipinski definition) is 2. The highest BCUT2D eigenvalue weighted by Gasteiger charge is 2.48. The number of nitrogens with zero attached hydrogens (tertiary/aromatic N) is 1. The summed E-state index contributed by atoms with van der Waals surface area (Å²) in [7, 11) is 0. The normalized spacial score (nSPS) is 20.0. The molecule has 0 aromatic carbocycles. The lowest BCUT2D eigenvalue weighted by molar-refractivity contribution is -0.175. The van der Waals surface area contributed by atoms with Crippen LogP contribution >= 0.6 is 0 Å². The Hall–Kier alpha value is -2.00. The van der Waals surface area contributed by atoms with Crippen molar-refractivity contribution in [2.75, 3.05) is 13.1 Å². The van der Waals surface area contributed by atoms with Crippen molar-refractivity contribution in [1.82, 2.24) is 15.8 Å². The number of likely N-dealkylation sites (tertiary alicyclic amines) is 1.